The van der Waals surface area contributed by atoms with E-state index in [1.165, 1.54) is 22.5 Å². The predicted octanol–water partition coefficient (Wildman–Crippen LogP) is 0.0218. The van der Waals surface area contributed by atoms with E-state index in [2.05, 4.69) is 0 Å². The molecule has 1 aliphatic rings. The largest absolute Gasteiger partial charge is 0.478 e. The Morgan fingerprint density at radius 3 is 2.67 bits per heavy atom. The lowest BCUT2D eigenvalue weighted by molar-refractivity contribution is -0.121. The van der Waals surface area contributed by atoms with Crippen molar-refractivity contribution in [1.82, 2.24) is 4.31 Å². The first-order valence-corrected chi connectivity index (χ1v) is 8.00. The van der Waals surface area contributed by atoms with Crippen molar-refractivity contribution in [2.24, 2.45) is 11.7 Å². The summed E-state index contributed by atoms with van der Waals surface area (Å²) in [7, 11) is -3.59. The molecule has 8 heteroatoms. The number of nitrogens with two attached hydrogens (primary N) is 1. The average Bonchev–Trinajstić information content (AvgIpc) is 2.89. The van der Waals surface area contributed by atoms with Gasteiger partial charge in [-0.3, -0.25) is 4.79 Å². The number of sulfonamides is 1. The van der Waals surface area contributed by atoms with Crippen molar-refractivity contribution in [2.75, 3.05) is 13.1 Å². The molecule has 1 unspecified atom stereocenters. The molecular formula is C13H16N2O5S. The van der Waals surface area contributed by atoms with E-state index in [-0.39, 0.29) is 24.4 Å². The number of aromatic carboxylic acids is 1. The van der Waals surface area contributed by atoms with Gasteiger partial charge in [-0.25, -0.2) is 17.5 Å². The lowest BCUT2D eigenvalue weighted by Crippen LogP contribution is -2.32. The summed E-state index contributed by atoms with van der Waals surface area (Å²) in [6.07, 6.45) is 0.420. The Labute approximate surface area is 122 Å². The smallest absolute Gasteiger partial charge is 0.335 e. The van der Waals surface area contributed by atoms with Gasteiger partial charge in [-0.2, -0.15) is 0 Å². The SMILES string of the molecule is NC(=O)C1CCN(S(=O)(=O)Cc2cccc(C(=O)O)c2)C1. The minimum absolute atomic E-state index is 0.0409. The Kier molecular flexibility index (Phi) is 4.29. The number of hydrogen-bond donors (Lipinski definition) is 2. The predicted molar refractivity (Wildman–Crippen MR) is 74.9 cm³/mol. The molecule has 1 aromatic carbocycles. The quantitative estimate of drug-likeness (QED) is 0.795. The summed E-state index contributed by atoms with van der Waals surface area (Å²) in [6, 6.07) is 5.80. The average molecular weight is 312 g/mol. The first kappa shape index (κ1) is 15.5. The van der Waals surface area contributed by atoms with Gasteiger partial charge in [0.15, 0.2) is 0 Å². The molecule has 114 valence electrons. The minimum atomic E-state index is -3.59. The van der Waals surface area contributed by atoms with Crippen LogP contribution in [0.4, 0.5) is 0 Å². The van der Waals surface area contributed by atoms with Gasteiger partial charge in [0.2, 0.25) is 15.9 Å². The highest BCUT2D eigenvalue weighted by atomic mass is 32.2. The molecule has 1 amide bonds. The van der Waals surface area contributed by atoms with Crippen LogP contribution in [0.5, 0.6) is 0 Å². The van der Waals surface area contributed by atoms with Crippen LogP contribution in [-0.2, 0) is 20.6 Å². The zero-order valence-corrected chi connectivity index (χ0v) is 12.0. The fraction of sp³-hybridized carbons (Fsp3) is 0.385. The first-order chi connectivity index (χ1) is 9.79. The second-order valence-electron chi connectivity index (χ2n) is 5.01. The van der Waals surface area contributed by atoms with Crippen LogP contribution < -0.4 is 5.73 Å². The second-order valence-corrected chi connectivity index (χ2v) is 6.98. The lowest BCUT2D eigenvalue weighted by Gasteiger charge is -2.16. The van der Waals surface area contributed by atoms with Gasteiger partial charge in [0, 0.05) is 13.1 Å². The van der Waals surface area contributed by atoms with Crippen LogP contribution in [0.25, 0.3) is 0 Å². The Morgan fingerprint density at radius 2 is 2.10 bits per heavy atom. The van der Waals surface area contributed by atoms with Crippen molar-refractivity contribution in [3.05, 3.63) is 35.4 Å². The Bertz CT molecular complexity index is 671. The molecule has 1 heterocycles. The monoisotopic (exact) mass is 312 g/mol. The first-order valence-electron chi connectivity index (χ1n) is 6.39. The van der Waals surface area contributed by atoms with Crippen molar-refractivity contribution in [3.8, 4) is 0 Å². The molecule has 1 atom stereocenters. The number of benzene rings is 1. The maximum Gasteiger partial charge on any atom is 0.335 e. The molecular weight excluding hydrogens is 296 g/mol. The van der Waals surface area contributed by atoms with Crippen molar-refractivity contribution in [1.29, 1.82) is 0 Å². The van der Waals surface area contributed by atoms with Crippen LogP contribution in [0.15, 0.2) is 24.3 Å². The second kappa shape index (κ2) is 5.82. The van der Waals surface area contributed by atoms with Crippen LogP contribution in [0.2, 0.25) is 0 Å². The zero-order valence-electron chi connectivity index (χ0n) is 11.2. The van der Waals surface area contributed by atoms with E-state index in [0.717, 1.165) is 0 Å². The molecule has 0 spiro atoms. The summed E-state index contributed by atoms with van der Waals surface area (Å²) in [5, 5.41) is 8.90. The van der Waals surface area contributed by atoms with Crippen LogP contribution in [0.3, 0.4) is 0 Å². The van der Waals surface area contributed by atoms with E-state index < -0.39 is 27.8 Å². The molecule has 0 aromatic heterocycles. The Morgan fingerprint density at radius 1 is 1.38 bits per heavy atom. The topological polar surface area (TPSA) is 118 Å². The number of rotatable bonds is 5. The number of hydrogen-bond acceptors (Lipinski definition) is 4. The van der Waals surface area contributed by atoms with E-state index in [1.807, 2.05) is 0 Å². The molecule has 1 saturated heterocycles. The van der Waals surface area contributed by atoms with Crippen LogP contribution in [-0.4, -0.2) is 42.8 Å². The van der Waals surface area contributed by atoms with Gasteiger partial charge < -0.3 is 10.8 Å². The van der Waals surface area contributed by atoms with Gasteiger partial charge in [0.05, 0.1) is 17.2 Å². The maximum atomic E-state index is 12.3. The molecule has 1 aromatic rings. The molecule has 7 nitrogen and oxygen atoms in total. The van der Waals surface area contributed by atoms with Crippen molar-refractivity contribution >= 4 is 21.9 Å². The summed E-state index contributed by atoms with van der Waals surface area (Å²) < 4.78 is 25.8. The number of amides is 1. The standard InChI is InChI=1S/C13H16N2O5S/c14-12(16)11-4-5-15(7-11)21(19,20)8-9-2-1-3-10(6-9)13(17)18/h1-3,6,11H,4-5,7-8H2,(H2,14,16)(H,17,18). The van der Waals surface area contributed by atoms with Gasteiger partial charge in [-0.1, -0.05) is 12.1 Å². The summed E-state index contributed by atoms with van der Waals surface area (Å²) in [5.41, 5.74) is 5.62. The van der Waals surface area contributed by atoms with Crippen molar-refractivity contribution < 1.29 is 23.1 Å². The number of carboxylic acids is 1. The number of nitrogens with zero attached hydrogens (tertiary/aromatic N) is 1. The third kappa shape index (κ3) is 3.59. The molecule has 1 fully saturated rings. The highest BCUT2D eigenvalue weighted by molar-refractivity contribution is 7.88. The van der Waals surface area contributed by atoms with Crippen LogP contribution in [0, 0.1) is 5.92 Å². The van der Waals surface area contributed by atoms with Gasteiger partial charge >= 0.3 is 5.97 Å². The molecule has 0 saturated carbocycles. The van der Waals surface area contributed by atoms with Crippen molar-refractivity contribution in [3.63, 3.8) is 0 Å². The van der Waals surface area contributed by atoms with Gasteiger partial charge in [-0.05, 0) is 24.1 Å². The molecule has 3 N–H and O–H groups in total. The summed E-state index contributed by atoms with van der Waals surface area (Å²) in [5.74, 6) is -2.35. The lowest BCUT2D eigenvalue weighted by atomic mass is 10.1. The van der Waals surface area contributed by atoms with Gasteiger partial charge in [0.1, 0.15) is 0 Å². The molecule has 2 rings (SSSR count). The number of carboxylic acid groups (broad SMARTS) is 1. The van der Waals surface area contributed by atoms with Crippen LogP contribution in [0.1, 0.15) is 22.3 Å². The van der Waals surface area contributed by atoms with Crippen molar-refractivity contribution in [2.45, 2.75) is 12.2 Å². The summed E-state index contributed by atoms with van der Waals surface area (Å²) >= 11 is 0. The molecule has 0 radical (unpaired) electrons. The van der Waals surface area contributed by atoms with E-state index in [1.54, 1.807) is 6.07 Å². The van der Waals surface area contributed by atoms with Gasteiger partial charge in [0.25, 0.3) is 0 Å². The minimum Gasteiger partial charge on any atom is -0.478 e. The highest BCUT2D eigenvalue weighted by Crippen LogP contribution is 2.21. The van der Waals surface area contributed by atoms with E-state index in [9.17, 15) is 18.0 Å². The normalized spacial score (nSPS) is 19.5. The number of carbonyl (C=O) groups is 2. The molecule has 0 aliphatic carbocycles. The van der Waals surface area contributed by atoms with E-state index in [4.69, 9.17) is 10.8 Å². The Balaban J connectivity index is 2.13. The van der Waals surface area contributed by atoms with E-state index >= 15 is 0 Å². The fourth-order valence-corrected chi connectivity index (χ4v) is 3.88. The number of carbonyl (C=O) groups excluding carboxylic acids is 1. The van der Waals surface area contributed by atoms with E-state index in [0.29, 0.717) is 12.0 Å². The Hall–Kier alpha value is -1.93. The third-order valence-electron chi connectivity index (χ3n) is 3.47. The van der Waals surface area contributed by atoms with Gasteiger partial charge in [-0.15, -0.1) is 0 Å². The summed E-state index contributed by atoms with van der Waals surface area (Å²) in [6.45, 7) is 0.352. The molecule has 0 bridgehead atoms. The fourth-order valence-electron chi connectivity index (χ4n) is 2.31. The molecule has 21 heavy (non-hydrogen) atoms. The zero-order chi connectivity index (χ0) is 15.6. The molecule has 1 aliphatic heterocycles. The maximum absolute atomic E-state index is 12.3. The third-order valence-corrected chi connectivity index (χ3v) is 5.29. The summed E-state index contributed by atoms with van der Waals surface area (Å²) in [4.78, 5) is 22.0. The number of primary amides is 1. The van der Waals surface area contributed by atoms with Crippen LogP contribution >= 0.6 is 0 Å². The highest BCUT2D eigenvalue weighted by Gasteiger charge is 2.33.